The van der Waals surface area contributed by atoms with Gasteiger partial charge in [0.05, 0.1) is 0 Å². The minimum absolute atomic E-state index is 0.0352. The Labute approximate surface area is 109 Å². The third-order valence-corrected chi connectivity index (χ3v) is 4.81. The summed E-state index contributed by atoms with van der Waals surface area (Å²) >= 11 is -0.536. The molecular weight excluding hydrogens is 338 g/mol. The molecule has 5 nitrogen and oxygen atoms in total. The molecule has 0 aliphatic heterocycles. The second-order valence-corrected chi connectivity index (χ2v) is 5.91. The molecule has 0 aliphatic rings. The Kier molecular flexibility index (Phi) is 5.39. The van der Waals surface area contributed by atoms with Crippen LogP contribution >= 0.6 is 0 Å². The number of benzene rings is 1. The van der Waals surface area contributed by atoms with Crippen molar-refractivity contribution in [1.29, 1.82) is 0 Å². The fourth-order valence-corrected chi connectivity index (χ4v) is 3.33. The second kappa shape index (κ2) is 6.58. The maximum absolute atomic E-state index is 11.7. The first-order valence-electron chi connectivity index (χ1n) is 5.04. The number of ether oxygens (including phenoxy) is 1. The molecule has 0 heterocycles. The van der Waals surface area contributed by atoms with E-state index >= 15 is 0 Å². The van der Waals surface area contributed by atoms with E-state index < -0.39 is 25.8 Å². The van der Waals surface area contributed by atoms with E-state index in [-0.39, 0.29) is 15.6 Å². The molecular formula is C11H13NO4Te. The monoisotopic (exact) mass is 353 g/mol. The summed E-state index contributed by atoms with van der Waals surface area (Å²) in [6.45, 7) is 2.12. The van der Waals surface area contributed by atoms with Gasteiger partial charge >= 0.3 is 109 Å². The molecule has 1 unspecified atom stereocenters. The number of hydrogen-bond acceptors (Lipinski definition) is 4. The molecule has 0 radical (unpaired) electrons. The summed E-state index contributed by atoms with van der Waals surface area (Å²) in [7, 11) is 0. The Morgan fingerprint density at radius 1 is 1.47 bits per heavy atom. The van der Waals surface area contributed by atoms with Crippen molar-refractivity contribution in [2.24, 2.45) is 0 Å². The van der Waals surface area contributed by atoms with Gasteiger partial charge in [0.1, 0.15) is 0 Å². The first-order chi connectivity index (χ1) is 8.10. The van der Waals surface area contributed by atoms with Gasteiger partial charge in [0.25, 0.3) is 0 Å². The summed E-state index contributed by atoms with van der Waals surface area (Å²) in [5.41, 5.74) is 0.840. The Morgan fingerprint density at radius 3 is 2.47 bits per heavy atom. The van der Waals surface area contributed by atoms with E-state index in [2.05, 4.69) is 0 Å². The van der Waals surface area contributed by atoms with Crippen LogP contribution in [-0.4, -0.2) is 38.4 Å². The predicted molar refractivity (Wildman–Crippen MR) is 64.1 cm³/mol. The quantitative estimate of drug-likeness (QED) is 0.352. The zero-order chi connectivity index (χ0) is 12.8. The summed E-state index contributed by atoms with van der Waals surface area (Å²) in [4.78, 5) is 23.7. The number of carbonyl (C=O) groups is 1. The second-order valence-electron chi connectivity index (χ2n) is 3.22. The number of nitrogens with zero attached hydrogens (tertiary/aromatic N) is 1. The van der Waals surface area contributed by atoms with Crippen LogP contribution in [0.3, 0.4) is 0 Å². The fourth-order valence-electron chi connectivity index (χ4n) is 1.36. The molecule has 0 amide bonds. The molecule has 0 bridgehead atoms. The van der Waals surface area contributed by atoms with Gasteiger partial charge in [-0.25, -0.2) is 0 Å². The zero-order valence-corrected chi connectivity index (χ0v) is 11.9. The molecule has 1 rings (SSSR count). The van der Waals surface area contributed by atoms with Crippen LogP contribution in [0.5, 0.6) is 0 Å². The number of nitro groups is 1. The third kappa shape index (κ3) is 3.69. The van der Waals surface area contributed by atoms with Crippen LogP contribution in [0.4, 0.5) is 5.69 Å². The molecule has 1 aromatic carbocycles. The molecule has 0 spiro atoms. The van der Waals surface area contributed by atoms with E-state index in [1.807, 2.05) is 4.97 Å². The Morgan fingerprint density at radius 2 is 2.06 bits per heavy atom. The van der Waals surface area contributed by atoms with Crippen LogP contribution in [0.1, 0.15) is 16.5 Å². The molecule has 0 fully saturated rings. The van der Waals surface area contributed by atoms with Gasteiger partial charge in [-0.2, -0.15) is 0 Å². The van der Waals surface area contributed by atoms with Crippen LogP contribution < -0.4 is 0 Å². The van der Waals surface area contributed by atoms with Gasteiger partial charge in [0.15, 0.2) is 0 Å². The van der Waals surface area contributed by atoms with Crippen molar-refractivity contribution in [3.63, 3.8) is 0 Å². The summed E-state index contributed by atoms with van der Waals surface area (Å²) in [6.07, 6.45) is 0. The minimum atomic E-state index is -0.536. The summed E-state index contributed by atoms with van der Waals surface area (Å²) in [5.74, 6) is -0.230. The van der Waals surface area contributed by atoms with Crippen LogP contribution in [0.25, 0.3) is 0 Å². The van der Waals surface area contributed by atoms with E-state index in [1.165, 1.54) is 12.1 Å². The molecule has 0 aliphatic carbocycles. The molecule has 92 valence electrons. The van der Waals surface area contributed by atoms with Crippen molar-refractivity contribution in [1.82, 2.24) is 0 Å². The Hall–Kier alpha value is -1.12. The molecule has 0 saturated heterocycles. The Balaban J connectivity index is 2.89. The Bertz CT molecular complexity index is 404. The summed E-state index contributed by atoms with van der Waals surface area (Å²) < 4.78 is 4.77. The summed E-state index contributed by atoms with van der Waals surface area (Å²) in [6, 6.07) is 6.11. The molecule has 0 N–H and O–H groups in total. The standard InChI is InChI=1S/C11H13NO4Te/c1-3-16-11(13)10(17-2)8-4-6-9(7-5-8)12(14)15/h4-7,10H,3H2,1-2H3. The van der Waals surface area contributed by atoms with Crippen molar-refractivity contribution in [2.75, 3.05) is 6.61 Å². The molecule has 0 saturated carbocycles. The molecule has 1 aromatic rings. The SMILES string of the molecule is CCOC(=O)C([Te]C)c1ccc([N+](=O)[O-])cc1. The molecule has 1 atom stereocenters. The van der Waals surface area contributed by atoms with Crippen molar-refractivity contribution in [2.45, 2.75) is 15.9 Å². The third-order valence-electron chi connectivity index (χ3n) is 2.14. The first kappa shape index (κ1) is 13.9. The predicted octanol–water partition coefficient (Wildman–Crippen LogP) is 1.95. The van der Waals surface area contributed by atoms with Crippen molar-refractivity contribution in [3.8, 4) is 0 Å². The maximum atomic E-state index is 11.7. The van der Waals surface area contributed by atoms with Gasteiger partial charge in [-0.15, -0.1) is 0 Å². The average molecular weight is 351 g/mol. The number of carbonyl (C=O) groups excluding carboxylic acids is 1. The van der Waals surface area contributed by atoms with Crippen LogP contribution in [0, 0.1) is 10.1 Å². The number of non-ortho nitro benzene ring substituents is 1. The fraction of sp³-hybridized carbons (Fsp3) is 0.364. The number of hydrogen-bond donors (Lipinski definition) is 0. The van der Waals surface area contributed by atoms with Gasteiger partial charge in [0, 0.05) is 0 Å². The van der Waals surface area contributed by atoms with E-state index in [0.717, 1.165) is 5.56 Å². The molecule has 17 heavy (non-hydrogen) atoms. The van der Waals surface area contributed by atoms with E-state index in [9.17, 15) is 14.9 Å². The topological polar surface area (TPSA) is 69.4 Å². The van der Waals surface area contributed by atoms with Crippen LogP contribution in [-0.2, 0) is 9.53 Å². The summed E-state index contributed by atoms with van der Waals surface area (Å²) in [5, 5.41) is 10.5. The van der Waals surface area contributed by atoms with Crippen LogP contribution in [0.15, 0.2) is 24.3 Å². The van der Waals surface area contributed by atoms with E-state index in [0.29, 0.717) is 6.61 Å². The van der Waals surface area contributed by atoms with Gasteiger partial charge in [-0.05, 0) is 0 Å². The van der Waals surface area contributed by atoms with Gasteiger partial charge in [-0.1, -0.05) is 0 Å². The number of nitro benzene ring substituents is 1. The average Bonchev–Trinajstić information content (AvgIpc) is 2.31. The van der Waals surface area contributed by atoms with Gasteiger partial charge in [-0.3, -0.25) is 0 Å². The number of rotatable bonds is 5. The van der Waals surface area contributed by atoms with Gasteiger partial charge in [0.2, 0.25) is 0 Å². The van der Waals surface area contributed by atoms with Crippen molar-refractivity contribution >= 4 is 32.6 Å². The van der Waals surface area contributed by atoms with Gasteiger partial charge < -0.3 is 0 Å². The normalized spacial score (nSPS) is 11.9. The number of esters is 1. The molecule has 0 aromatic heterocycles. The van der Waals surface area contributed by atoms with Crippen LogP contribution in [0.2, 0.25) is 4.97 Å². The first-order valence-corrected chi connectivity index (χ1v) is 8.71. The van der Waals surface area contributed by atoms with E-state index in [1.54, 1.807) is 19.1 Å². The van der Waals surface area contributed by atoms with E-state index in [4.69, 9.17) is 4.74 Å². The molecule has 6 heteroatoms. The van der Waals surface area contributed by atoms with Crippen molar-refractivity contribution < 1.29 is 14.5 Å². The van der Waals surface area contributed by atoms with Crippen molar-refractivity contribution in [3.05, 3.63) is 39.9 Å². The zero-order valence-electron chi connectivity index (χ0n) is 9.58.